The normalized spacial score (nSPS) is 10.6. The van der Waals surface area contributed by atoms with Gasteiger partial charge in [-0.15, -0.1) is 0 Å². The Labute approximate surface area is 130 Å². The molecule has 0 bridgehead atoms. The second-order valence-electron chi connectivity index (χ2n) is 4.47. The predicted molar refractivity (Wildman–Crippen MR) is 87.9 cm³/mol. The molecular weight excluding hydrogens is 332 g/mol. The van der Waals surface area contributed by atoms with Crippen molar-refractivity contribution in [3.8, 4) is 5.75 Å². The molecule has 0 radical (unpaired) electrons. The zero-order chi connectivity index (χ0) is 14.8. The molecule has 3 rings (SSSR count). The van der Waals surface area contributed by atoms with Crippen molar-refractivity contribution in [2.75, 3.05) is 18.2 Å². The average Bonchev–Trinajstić information content (AvgIpc) is 2.49. The SMILES string of the molecule is COc1ccc(Br)c(Nc2ncnc3cc(N)ccc23)c1. The van der Waals surface area contributed by atoms with Crippen LogP contribution in [0.4, 0.5) is 17.2 Å². The summed E-state index contributed by atoms with van der Waals surface area (Å²) in [6.07, 6.45) is 1.51. The minimum atomic E-state index is 0.676. The Morgan fingerprint density at radius 1 is 1.14 bits per heavy atom. The van der Waals surface area contributed by atoms with Crippen LogP contribution in [0.2, 0.25) is 0 Å². The van der Waals surface area contributed by atoms with Gasteiger partial charge in [-0.3, -0.25) is 0 Å². The van der Waals surface area contributed by atoms with Crippen molar-refractivity contribution in [1.29, 1.82) is 0 Å². The summed E-state index contributed by atoms with van der Waals surface area (Å²) in [5.74, 6) is 1.48. The number of nitrogens with one attached hydrogen (secondary N) is 1. The maximum Gasteiger partial charge on any atom is 0.141 e. The smallest absolute Gasteiger partial charge is 0.141 e. The minimum Gasteiger partial charge on any atom is -0.497 e. The molecule has 0 atom stereocenters. The van der Waals surface area contributed by atoms with Crippen LogP contribution < -0.4 is 15.8 Å². The van der Waals surface area contributed by atoms with Crippen molar-refractivity contribution in [2.24, 2.45) is 0 Å². The van der Waals surface area contributed by atoms with E-state index in [0.717, 1.165) is 26.8 Å². The molecule has 0 spiro atoms. The molecule has 1 aromatic heterocycles. The monoisotopic (exact) mass is 344 g/mol. The van der Waals surface area contributed by atoms with E-state index in [1.807, 2.05) is 36.4 Å². The van der Waals surface area contributed by atoms with E-state index in [4.69, 9.17) is 10.5 Å². The van der Waals surface area contributed by atoms with Gasteiger partial charge in [-0.05, 0) is 46.3 Å². The van der Waals surface area contributed by atoms with Crippen molar-refractivity contribution in [3.63, 3.8) is 0 Å². The fourth-order valence-corrected chi connectivity index (χ4v) is 2.37. The van der Waals surface area contributed by atoms with Gasteiger partial charge >= 0.3 is 0 Å². The van der Waals surface area contributed by atoms with Crippen LogP contribution in [0.15, 0.2) is 47.2 Å². The number of nitrogen functional groups attached to an aromatic ring is 1. The summed E-state index contributed by atoms with van der Waals surface area (Å²) in [6, 6.07) is 11.3. The van der Waals surface area contributed by atoms with Crippen LogP contribution in [0.1, 0.15) is 0 Å². The van der Waals surface area contributed by atoms with Gasteiger partial charge in [0.15, 0.2) is 0 Å². The number of aromatic nitrogens is 2. The number of benzene rings is 2. The number of nitrogens with zero attached hydrogens (tertiary/aromatic N) is 2. The van der Waals surface area contributed by atoms with Gasteiger partial charge in [0.2, 0.25) is 0 Å². The molecular formula is C15H13BrN4O. The largest absolute Gasteiger partial charge is 0.497 e. The van der Waals surface area contributed by atoms with E-state index in [0.29, 0.717) is 11.5 Å². The van der Waals surface area contributed by atoms with Gasteiger partial charge in [0.25, 0.3) is 0 Å². The molecule has 2 aromatic carbocycles. The van der Waals surface area contributed by atoms with Gasteiger partial charge in [0, 0.05) is 21.6 Å². The summed E-state index contributed by atoms with van der Waals surface area (Å²) in [6.45, 7) is 0. The molecule has 21 heavy (non-hydrogen) atoms. The number of hydrogen-bond acceptors (Lipinski definition) is 5. The Bertz CT molecular complexity index is 807. The van der Waals surface area contributed by atoms with E-state index in [1.54, 1.807) is 7.11 Å². The van der Waals surface area contributed by atoms with Gasteiger partial charge < -0.3 is 15.8 Å². The summed E-state index contributed by atoms with van der Waals surface area (Å²) in [5.41, 5.74) is 8.12. The second kappa shape index (κ2) is 5.57. The highest BCUT2D eigenvalue weighted by atomic mass is 79.9. The van der Waals surface area contributed by atoms with Crippen molar-refractivity contribution < 1.29 is 4.74 Å². The molecule has 0 aliphatic heterocycles. The minimum absolute atomic E-state index is 0.676. The standard InChI is InChI=1S/C15H13BrN4O/c1-21-10-3-5-12(16)14(7-10)20-15-11-4-2-9(17)6-13(11)18-8-19-15/h2-8H,17H2,1H3,(H,18,19,20). The highest BCUT2D eigenvalue weighted by Crippen LogP contribution is 2.31. The molecule has 0 saturated heterocycles. The molecule has 0 unspecified atom stereocenters. The molecule has 0 aliphatic rings. The number of halogens is 1. The first-order valence-electron chi connectivity index (χ1n) is 6.28. The topological polar surface area (TPSA) is 73.1 Å². The van der Waals surface area contributed by atoms with Crippen LogP contribution in [0, 0.1) is 0 Å². The quantitative estimate of drug-likeness (QED) is 0.708. The van der Waals surface area contributed by atoms with Crippen LogP contribution >= 0.6 is 15.9 Å². The highest BCUT2D eigenvalue weighted by Gasteiger charge is 2.07. The highest BCUT2D eigenvalue weighted by molar-refractivity contribution is 9.10. The van der Waals surface area contributed by atoms with E-state index in [1.165, 1.54) is 6.33 Å². The first-order chi connectivity index (χ1) is 10.2. The summed E-state index contributed by atoms with van der Waals surface area (Å²) < 4.78 is 6.16. The zero-order valence-electron chi connectivity index (χ0n) is 11.3. The molecule has 6 heteroatoms. The van der Waals surface area contributed by atoms with E-state index in [9.17, 15) is 0 Å². The van der Waals surface area contributed by atoms with Crippen LogP contribution in [-0.4, -0.2) is 17.1 Å². The van der Waals surface area contributed by atoms with E-state index in [-0.39, 0.29) is 0 Å². The first kappa shape index (κ1) is 13.6. The molecule has 106 valence electrons. The fourth-order valence-electron chi connectivity index (χ4n) is 2.03. The van der Waals surface area contributed by atoms with Gasteiger partial charge in [-0.2, -0.15) is 0 Å². The molecule has 1 heterocycles. The number of hydrogen-bond donors (Lipinski definition) is 2. The Morgan fingerprint density at radius 2 is 2.00 bits per heavy atom. The number of anilines is 3. The number of ether oxygens (including phenoxy) is 1. The number of nitrogens with two attached hydrogens (primary N) is 1. The van der Waals surface area contributed by atoms with Crippen molar-refractivity contribution in [1.82, 2.24) is 9.97 Å². The lowest BCUT2D eigenvalue weighted by Gasteiger charge is -2.11. The lowest BCUT2D eigenvalue weighted by Crippen LogP contribution is -1.98. The Morgan fingerprint density at radius 3 is 2.81 bits per heavy atom. The first-order valence-corrected chi connectivity index (χ1v) is 7.07. The van der Waals surface area contributed by atoms with Gasteiger partial charge in [-0.25, -0.2) is 9.97 Å². The molecule has 3 aromatic rings. The predicted octanol–water partition coefficient (Wildman–Crippen LogP) is 3.73. The molecule has 3 N–H and O–H groups in total. The van der Waals surface area contributed by atoms with Gasteiger partial charge in [0.05, 0.1) is 18.3 Å². The van der Waals surface area contributed by atoms with Gasteiger partial charge in [0.1, 0.15) is 17.9 Å². The summed E-state index contributed by atoms with van der Waals surface area (Å²) in [7, 11) is 1.63. The number of rotatable bonds is 3. The maximum atomic E-state index is 5.78. The van der Waals surface area contributed by atoms with Crippen LogP contribution in [0.5, 0.6) is 5.75 Å². The summed E-state index contributed by atoms with van der Waals surface area (Å²) in [4.78, 5) is 8.54. The fraction of sp³-hybridized carbons (Fsp3) is 0.0667. The van der Waals surface area contributed by atoms with Crippen molar-refractivity contribution in [2.45, 2.75) is 0 Å². The lowest BCUT2D eigenvalue weighted by molar-refractivity contribution is 0.415. The third kappa shape index (κ3) is 2.75. The second-order valence-corrected chi connectivity index (χ2v) is 5.32. The van der Waals surface area contributed by atoms with E-state index in [2.05, 4.69) is 31.2 Å². The summed E-state index contributed by atoms with van der Waals surface area (Å²) in [5, 5.41) is 4.19. The Kier molecular flexibility index (Phi) is 3.62. The third-order valence-electron chi connectivity index (χ3n) is 3.09. The van der Waals surface area contributed by atoms with Crippen LogP contribution in [0.25, 0.3) is 10.9 Å². The number of methoxy groups -OCH3 is 1. The zero-order valence-corrected chi connectivity index (χ0v) is 12.9. The van der Waals surface area contributed by atoms with Crippen LogP contribution in [0.3, 0.4) is 0 Å². The Balaban J connectivity index is 2.06. The summed E-state index contributed by atoms with van der Waals surface area (Å²) >= 11 is 3.51. The van der Waals surface area contributed by atoms with Gasteiger partial charge in [-0.1, -0.05) is 0 Å². The Hall–Kier alpha value is -2.34. The van der Waals surface area contributed by atoms with Crippen molar-refractivity contribution in [3.05, 3.63) is 47.2 Å². The van der Waals surface area contributed by atoms with Crippen molar-refractivity contribution >= 4 is 44.0 Å². The molecule has 0 saturated carbocycles. The molecule has 0 fully saturated rings. The molecule has 0 aliphatic carbocycles. The number of fused-ring (bicyclic) bond motifs is 1. The van der Waals surface area contributed by atoms with E-state index < -0.39 is 0 Å². The van der Waals surface area contributed by atoms with E-state index >= 15 is 0 Å². The lowest BCUT2D eigenvalue weighted by atomic mass is 10.2. The van der Waals surface area contributed by atoms with Crippen LogP contribution in [-0.2, 0) is 0 Å². The average molecular weight is 345 g/mol. The molecule has 5 nitrogen and oxygen atoms in total. The third-order valence-corrected chi connectivity index (χ3v) is 3.78. The maximum absolute atomic E-state index is 5.78. The molecule has 0 amide bonds.